The van der Waals surface area contributed by atoms with E-state index in [1.807, 2.05) is 0 Å². The van der Waals surface area contributed by atoms with Gasteiger partial charge in [0.05, 0.1) is 6.54 Å². The first-order valence-electron chi connectivity index (χ1n) is 8.48. The van der Waals surface area contributed by atoms with Crippen molar-refractivity contribution in [3.8, 4) is 5.75 Å². The Morgan fingerprint density at radius 3 is 2.72 bits per heavy atom. The lowest BCUT2D eigenvalue weighted by Crippen LogP contribution is -2.39. The number of nitrogens with one attached hydrogen (secondary N) is 1. The highest BCUT2D eigenvalue weighted by Crippen LogP contribution is 2.21. The van der Waals surface area contributed by atoms with Crippen molar-refractivity contribution in [1.82, 2.24) is 4.90 Å². The molecule has 0 unspecified atom stereocenters. The summed E-state index contributed by atoms with van der Waals surface area (Å²) in [6.07, 6.45) is 4.47. The summed E-state index contributed by atoms with van der Waals surface area (Å²) in [6.45, 7) is 2.05. The molecule has 0 atom stereocenters. The van der Waals surface area contributed by atoms with E-state index in [1.165, 1.54) is 0 Å². The number of carboxylic acids is 1. The van der Waals surface area contributed by atoms with E-state index < -0.39 is 12.6 Å². The van der Waals surface area contributed by atoms with Crippen LogP contribution in [0.15, 0.2) is 18.2 Å². The van der Waals surface area contributed by atoms with Gasteiger partial charge in [-0.3, -0.25) is 9.59 Å². The van der Waals surface area contributed by atoms with Crippen LogP contribution in [0.2, 0.25) is 0 Å². The predicted molar refractivity (Wildman–Crippen MR) is 92.6 cm³/mol. The molecule has 2 amide bonds. The topological polar surface area (TPSA) is 95.9 Å². The molecule has 0 bridgehead atoms. The van der Waals surface area contributed by atoms with Gasteiger partial charge in [0, 0.05) is 18.7 Å². The number of aryl methyl sites for hydroxylation is 1. The summed E-state index contributed by atoms with van der Waals surface area (Å²) in [5.41, 5.74) is 1.38. The number of likely N-dealkylation sites (tertiary alicyclic amines) is 1. The monoisotopic (exact) mass is 348 g/mol. The zero-order valence-electron chi connectivity index (χ0n) is 14.4. The van der Waals surface area contributed by atoms with Crippen molar-refractivity contribution in [1.29, 1.82) is 0 Å². The summed E-state index contributed by atoms with van der Waals surface area (Å²) in [4.78, 5) is 36.5. The Morgan fingerprint density at radius 1 is 1.24 bits per heavy atom. The molecule has 7 nitrogen and oxygen atoms in total. The number of hydrogen-bond acceptors (Lipinski definition) is 4. The minimum Gasteiger partial charge on any atom is -0.482 e. The molecule has 1 aliphatic heterocycles. The van der Waals surface area contributed by atoms with Crippen molar-refractivity contribution < 1.29 is 24.2 Å². The average molecular weight is 348 g/mol. The summed E-state index contributed by atoms with van der Waals surface area (Å²) in [6, 6.07) is 4.94. The Balaban J connectivity index is 1.92. The van der Waals surface area contributed by atoms with Gasteiger partial charge < -0.3 is 20.1 Å². The van der Waals surface area contributed by atoms with E-state index in [4.69, 9.17) is 9.84 Å². The first-order valence-corrected chi connectivity index (χ1v) is 8.48. The fourth-order valence-corrected chi connectivity index (χ4v) is 2.76. The third-order valence-corrected chi connectivity index (χ3v) is 4.09. The van der Waals surface area contributed by atoms with E-state index in [0.717, 1.165) is 31.2 Å². The van der Waals surface area contributed by atoms with E-state index >= 15 is 0 Å². The van der Waals surface area contributed by atoms with Crippen molar-refractivity contribution in [3.63, 3.8) is 0 Å². The molecule has 0 saturated carbocycles. The van der Waals surface area contributed by atoms with Crippen molar-refractivity contribution in [3.05, 3.63) is 23.8 Å². The van der Waals surface area contributed by atoms with Crippen molar-refractivity contribution in [2.24, 2.45) is 0 Å². The number of carboxylic acid groups (broad SMARTS) is 1. The zero-order chi connectivity index (χ0) is 18.2. The Labute approximate surface area is 147 Å². The van der Waals surface area contributed by atoms with Gasteiger partial charge in [-0.05, 0) is 43.5 Å². The second-order valence-corrected chi connectivity index (χ2v) is 6.19. The molecule has 0 radical (unpaired) electrons. The van der Waals surface area contributed by atoms with E-state index in [9.17, 15) is 14.4 Å². The Kier molecular flexibility index (Phi) is 6.80. The number of carbonyl (C=O) groups excluding carboxylic acids is 2. The summed E-state index contributed by atoms with van der Waals surface area (Å²) in [5.74, 6) is -0.829. The molecular formula is C18H24N2O5. The summed E-state index contributed by atoms with van der Waals surface area (Å²) in [5, 5.41) is 11.4. The number of ether oxygens (including phenoxy) is 1. The number of nitrogens with zero attached hydrogens (tertiary/aromatic N) is 1. The minimum absolute atomic E-state index is 0.0315. The first-order chi connectivity index (χ1) is 12.0. The van der Waals surface area contributed by atoms with Crippen LogP contribution in [0, 0.1) is 6.92 Å². The molecule has 25 heavy (non-hydrogen) atoms. The van der Waals surface area contributed by atoms with E-state index in [-0.39, 0.29) is 18.4 Å². The molecule has 7 heteroatoms. The number of anilines is 1. The highest BCUT2D eigenvalue weighted by molar-refractivity contribution is 5.95. The minimum atomic E-state index is -1.05. The van der Waals surface area contributed by atoms with Crippen LogP contribution in [0.4, 0.5) is 5.69 Å². The lowest BCUT2D eigenvalue weighted by atomic mass is 10.1. The van der Waals surface area contributed by atoms with Gasteiger partial charge in [0.15, 0.2) is 6.61 Å². The Bertz CT molecular complexity index is 644. The van der Waals surface area contributed by atoms with Crippen molar-refractivity contribution >= 4 is 23.5 Å². The lowest BCUT2D eigenvalue weighted by Gasteiger charge is -2.24. The fraction of sp³-hybridized carbons (Fsp3) is 0.500. The quantitative estimate of drug-likeness (QED) is 0.821. The van der Waals surface area contributed by atoms with Crippen LogP contribution in [0.25, 0.3) is 0 Å². The van der Waals surface area contributed by atoms with Crippen LogP contribution in [-0.4, -0.2) is 47.5 Å². The van der Waals surface area contributed by atoms with Gasteiger partial charge >= 0.3 is 5.97 Å². The smallest absolute Gasteiger partial charge is 0.341 e. The van der Waals surface area contributed by atoms with E-state index in [0.29, 0.717) is 24.4 Å². The second-order valence-electron chi connectivity index (χ2n) is 6.19. The lowest BCUT2D eigenvalue weighted by molar-refractivity contribution is -0.139. The Morgan fingerprint density at radius 2 is 2.00 bits per heavy atom. The van der Waals surface area contributed by atoms with Gasteiger partial charge in [-0.25, -0.2) is 4.79 Å². The highest BCUT2D eigenvalue weighted by atomic mass is 16.5. The van der Waals surface area contributed by atoms with Gasteiger partial charge in [-0.1, -0.05) is 12.8 Å². The number of carbonyl (C=O) groups is 3. The predicted octanol–water partition coefficient (Wildman–Crippen LogP) is 2.19. The maximum absolute atomic E-state index is 12.3. The second kappa shape index (κ2) is 9.05. The normalized spacial score (nSPS) is 15.2. The molecule has 136 valence electrons. The molecule has 1 heterocycles. The van der Waals surface area contributed by atoms with E-state index in [2.05, 4.69) is 5.32 Å². The van der Waals surface area contributed by atoms with Crippen LogP contribution in [0.3, 0.4) is 0 Å². The number of rotatable bonds is 6. The zero-order valence-corrected chi connectivity index (χ0v) is 14.4. The van der Waals surface area contributed by atoms with Crippen LogP contribution >= 0.6 is 0 Å². The molecule has 0 spiro atoms. The fourth-order valence-electron chi connectivity index (χ4n) is 2.76. The van der Waals surface area contributed by atoms with Crippen molar-refractivity contribution in [2.75, 3.05) is 25.0 Å². The van der Waals surface area contributed by atoms with Gasteiger partial charge in [0.1, 0.15) is 5.75 Å². The molecule has 1 fully saturated rings. The molecule has 2 N–H and O–H groups in total. The third-order valence-electron chi connectivity index (χ3n) is 4.09. The van der Waals surface area contributed by atoms with Gasteiger partial charge in [-0.15, -0.1) is 0 Å². The SMILES string of the molecule is Cc1cc(OCC(=O)O)ccc1NC(=O)CN1CCCCCCC1=O. The number of benzene rings is 1. The molecular weight excluding hydrogens is 324 g/mol. The first kappa shape index (κ1) is 18.8. The van der Waals surface area contributed by atoms with Gasteiger partial charge in [-0.2, -0.15) is 0 Å². The molecule has 1 aromatic rings. The molecule has 2 rings (SSSR count). The van der Waals surface area contributed by atoms with Crippen molar-refractivity contribution in [2.45, 2.75) is 39.0 Å². The summed E-state index contributed by atoms with van der Waals surface area (Å²) in [7, 11) is 0. The molecule has 0 aromatic heterocycles. The van der Waals surface area contributed by atoms with Crippen LogP contribution < -0.4 is 10.1 Å². The molecule has 0 aliphatic carbocycles. The number of amides is 2. The van der Waals surface area contributed by atoms with Crippen LogP contribution in [0.1, 0.15) is 37.7 Å². The Hall–Kier alpha value is -2.57. The molecule has 1 aliphatic rings. The molecule has 1 saturated heterocycles. The maximum atomic E-state index is 12.3. The largest absolute Gasteiger partial charge is 0.482 e. The molecule has 1 aromatic carbocycles. The summed E-state index contributed by atoms with van der Waals surface area (Å²) < 4.78 is 5.10. The maximum Gasteiger partial charge on any atom is 0.341 e. The standard InChI is InChI=1S/C18H24N2O5/c1-13-10-14(25-12-18(23)24)7-8-15(13)19-16(21)11-20-9-5-3-2-4-6-17(20)22/h7-8,10H,2-6,9,11-12H2,1H3,(H,19,21)(H,23,24). The van der Waals surface area contributed by atoms with Crippen LogP contribution in [-0.2, 0) is 14.4 Å². The van der Waals surface area contributed by atoms with Crippen LogP contribution in [0.5, 0.6) is 5.75 Å². The average Bonchev–Trinajstić information content (AvgIpc) is 2.55. The van der Waals surface area contributed by atoms with Gasteiger partial charge in [0.25, 0.3) is 0 Å². The summed E-state index contributed by atoms with van der Waals surface area (Å²) >= 11 is 0. The van der Waals surface area contributed by atoms with Gasteiger partial charge in [0.2, 0.25) is 11.8 Å². The van der Waals surface area contributed by atoms with E-state index in [1.54, 1.807) is 30.0 Å². The third kappa shape index (κ3) is 6.10. The highest BCUT2D eigenvalue weighted by Gasteiger charge is 2.18. The number of hydrogen-bond donors (Lipinski definition) is 2. The number of aliphatic carboxylic acids is 1.